The Morgan fingerprint density at radius 2 is 2.05 bits per heavy atom. The van der Waals surface area contributed by atoms with Crippen LogP contribution in [0.5, 0.6) is 0 Å². The molecular weight excluding hydrogens is 268 g/mol. The van der Waals surface area contributed by atoms with Crippen LogP contribution in [0.2, 0.25) is 0 Å². The second-order valence-electron chi connectivity index (χ2n) is 5.51. The van der Waals surface area contributed by atoms with Crippen LogP contribution in [0.15, 0.2) is 24.4 Å². The standard InChI is InChI=1S/C15H22N4S/c1-11-9-18(10-12(2)20-11)15-13(6-7-16)19-8-4-3-5-14(19)17-15/h3-5,8,11-12H,6-7,9-10,16H2,1-2H3. The number of nitrogens with two attached hydrogens (primary N) is 1. The topological polar surface area (TPSA) is 46.6 Å². The van der Waals surface area contributed by atoms with Gasteiger partial charge in [-0.2, -0.15) is 11.8 Å². The zero-order chi connectivity index (χ0) is 14.1. The van der Waals surface area contributed by atoms with Crippen LogP contribution >= 0.6 is 11.8 Å². The van der Waals surface area contributed by atoms with E-state index in [1.165, 1.54) is 5.69 Å². The fraction of sp³-hybridized carbons (Fsp3) is 0.533. The number of anilines is 1. The molecule has 0 aromatic carbocycles. The Labute approximate surface area is 124 Å². The molecule has 3 rings (SSSR count). The van der Waals surface area contributed by atoms with Gasteiger partial charge in [0.15, 0.2) is 5.82 Å². The monoisotopic (exact) mass is 290 g/mol. The van der Waals surface area contributed by atoms with E-state index in [1.807, 2.05) is 6.07 Å². The zero-order valence-electron chi connectivity index (χ0n) is 12.1. The highest BCUT2D eigenvalue weighted by molar-refractivity contribution is 8.00. The molecule has 5 heteroatoms. The number of aromatic nitrogens is 2. The third-order valence-electron chi connectivity index (χ3n) is 3.71. The van der Waals surface area contributed by atoms with Crippen molar-refractivity contribution in [2.45, 2.75) is 30.8 Å². The molecule has 1 aliphatic rings. The fourth-order valence-corrected chi connectivity index (χ4v) is 4.33. The van der Waals surface area contributed by atoms with Crippen molar-refractivity contribution in [2.24, 2.45) is 5.73 Å². The Morgan fingerprint density at radius 3 is 2.75 bits per heavy atom. The van der Waals surface area contributed by atoms with Gasteiger partial charge in [-0.3, -0.25) is 0 Å². The van der Waals surface area contributed by atoms with E-state index in [4.69, 9.17) is 10.7 Å². The van der Waals surface area contributed by atoms with Crippen LogP contribution in [-0.4, -0.2) is 39.5 Å². The number of fused-ring (bicyclic) bond motifs is 1. The van der Waals surface area contributed by atoms with Gasteiger partial charge >= 0.3 is 0 Å². The normalized spacial score (nSPS) is 23.4. The summed E-state index contributed by atoms with van der Waals surface area (Å²) >= 11 is 2.06. The first-order chi connectivity index (χ1) is 9.69. The van der Waals surface area contributed by atoms with E-state index in [0.29, 0.717) is 17.0 Å². The van der Waals surface area contributed by atoms with Crippen molar-refractivity contribution in [3.8, 4) is 0 Å². The molecule has 2 aromatic heterocycles. The van der Waals surface area contributed by atoms with Crippen molar-refractivity contribution in [3.05, 3.63) is 30.1 Å². The predicted octanol–water partition coefficient (Wildman–Crippen LogP) is 2.17. The molecule has 0 saturated carbocycles. The van der Waals surface area contributed by atoms with Crippen molar-refractivity contribution in [1.29, 1.82) is 0 Å². The van der Waals surface area contributed by atoms with Gasteiger partial charge in [0.25, 0.3) is 0 Å². The van der Waals surface area contributed by atoms with Gasteiger partial charge < -0.3 is 15.0 Å². The summed E-state index contributed by atoms with van der Waals surface area (Å²) in [6.07, 6.45) is 2.95. The van der Waals surface area contributed by atoms with Gasteiger partial charge in [0.1, 0.15) is 5.65 Å². The molecule has 1 fully saturated rings. The van der Waals surface area contributed by atoms with E-state index < -0.39 is 0 Å². The molecule has 0 bridgehead atoms. The highest BCUT2D eigenvalue weighted by Crippen LogP contribution is 2.30. The van der Waals surface area contributed by atoms with Gasteiger partial charge in [-0.05, 0) is 18.7 Å². The summed E-state index contributed by atoms with van der Waals surface area (Å²) in [7, 11) is 0. The van der Waals surface area contributed by atoms with E-state index in [1.54, 1.807) is 0 Å². The Balaban J connectivity index is 2.03. The maximum Gasteiger partial charge on any atom is 0.151 e. The van der Waals surface area contributed by atoms with Gasteiger partial charge in [0.2, 0.25) is 0 Å². The second kappa shape index (κ2) is 5.66. The average molecular weight is 290 g/mol. The Morgan fingerprint density at radius 1 is 1.30 bits per heavy atom. The maximum absolute atomic E-state index is 5.80. The number of nitrogens with zero attached hydrogens (tertiary/aromatic N) is 3. The van der Waals surface area contributed by atoms with E-state index in [2.05, 4.69) is 53.2 Å². The van der Waals surface area contributed by atoms with Crippen molar-refractivity contribution in [3.63, 3.8) is 0 Å². The minimum absolute atomic E-state index is 0.647. The third-order valence-corrected chi connectivity index (χ3v) is 4.94. The van der Waals surface area contributed by atoms with Crippen molar-refractivity contribution in [1.82, 2.24) is 9.38 Å². The molecule has 0 radical (unpaired) electrons. The highest BCUT2D eigenvalue weighted by Gasteiger charge is 2.26. The number of rotatable bonds is 3. The van der Waals surface area contributed by atoms with Crippen molar-refractivity contribution < 1.29 is 0 Å². The molecule has 2 atom stereocenters. The molecule has 2 N–H and O–H groups in total. The number of hydrogen-bond acceptors (Lipinski definition) is 4. The Hall–Kier alpha value is -1.20. The Bertz CT molecular complexity index is 585. The van der Waals surface area contributed by atoms with Crippen LogP contribution in [0.3, 0.4) is 0 Å². The molecule has 0 amide bonds. The molecule has 2 unspecified atom stereocenters. The van der Waals surface area contributed by atoms with E-state index in [0.717, 1.165) is 31.0 Å². The zero-order valence-corrected chi connectivity index (χ0v) is 12.9. The van der Waals surface area contributed by atoms with Crippen molar-refractivity contribution >= 4 is 23.2 Å². The van der Waals surface area contributed by atoms with Crippen LogP contribution in [-0.2, 0) is 6.42 Å². The fourth-order valence-electron chi connectivity index (χ4n) is 3.01. The smallest absolute Gasteiger partial charge is 0.151 e. The summed E-state index contributed by atoms with van der Waals surface area (Å²) in [5, 5.41) is 1.29. The van der Waals surface area contributed by atoms with Crippen LogP contribution in [0.1, 0.15) is 19.5 Å². The molecule has 2 aromatic rings. The first-order valence-electron chi connectivity index (χ1n) is 7.25. The molecule has 20 heavy (non-hydrogen) atoms. The molecule has 0 aliphatic carbocycles. The first-order valence-corrected chi connectivity index (χ1v) is 8.19. The van der Waals surface area contributed by atoms with Crippen LogP contribution in [0.4, 0.5) is 5.82 Å². The minimum atomic E-state index is 0.647. The summed E-state index contributed by atoms with van der Waals surface area (Å²) in [5.74, 6) is 1.13. The van der Waals surface area contributed by atoms with E-state index in [-0.39, 0.29) is 0 Å². The minimum Gasteiger partial charge on any atom is -0.353 e. The largest absolute Gasteiger partial charge is 0.353 e. The molecule has 0 spiro atoms. The first kappa shape index (κ1) is 13.8. The van der Waals surface area contributed by atoms with Gasteiger partial charge in [-0.25, -0.2) is 4.98 Å². The molecule has 4 nitrogen and oxygen atoms in total. The summed E-state index contributed by atoms with van der Waals surface area (Å²) in [4.78, 5) is 7.28. The SMILES string of the molecule is CC1CN(c2nc3ccccn3c2CCN)CC(C)S1. The maximum atomic E-state index is 5.80. The van der Waals surface area contributed by atoms with E-state index >= 15 is 0 Å². The van der Waals surface area contributed by atoms with Gasteiger partial charge in [-0.15, -0.1) is 0 Å². The second-order valence-corrected chi connectivity index (χ2v) is 7.39. The molecule has 1 saturated heterocycles. The highest BCUT2D eigenvalue weighted by atomic mass is 32.2. The summed E-state index contributed by atoms with van der Waals surface area (Å²) in [5.41, 5.74) is 8.06. The van der Waals surface area contributed by atoms with E-state index in [9.17, 15) is 0 Å². The van der Waals surface area contributed by atoms with Gasteiger partial charge in [-0.1, -0.05) is 19.9 Å². The van der Waals surface area contributed by atoms with Gasteiger partial charge in [0.05, 0.1) is 5.69 Å². The number of imidazole rings is 1. The van der Waals surface area contributed by atoms with Crippen molar-refractivity contribution in [2.75, 3.05) is 24.5 Å². The molecule has 3 heterocycles. The molecule has 1 aliphatic heterocycles. The summed E-state index contributed by atoms with van der Waals surface area (Å²) < 4.78 is 2.18. The lowest BCUT2D eigenvalue weighted by Crippen LogP contribution is -2.41. The number of thioether (sulfide) groups is 1. The lowest BCUT2D eigenvalue weighted by atomic mass is 10.2. The molecular formula is C15H22N4S. The lowest BCUT2D eigenvalue weighted by molar-refractivity contribution is 0.714. The summed E-state index contributed by atoms with van der Waals surface area (Å²) in [6.45, 7) is 7.38. The van der Waals surface area contributed by atoms with Crippen LogP contribution < -0.4 is 10.6 Å². The van der Waals surface area contributed by atoms with Gasteiger partial charge in [0, 0.05) is 36.2 Å². The number of hydrogen-bond donors (Lipinski definition) is 1. The number of pyridine rings is 1. The lowest BCUT2D eigenvalue weighted by Gasteiger charge is -2.35. The quantitative estimate of drug-likeness (QED) is 0.941. The summed E-state index contributed by atoms with van der Waals surface area (Å²) in [6, 6.07) is 6.15. The predicted molar refractivity (Wildman–Crippen MR) is 86.7 cm³/mol. The van der Waals surface area contributed by atoms with Crippen LogP contribution in [0, 0.1) is 0 Å². The average Bonchev–Trinajstić information content (AvgIpc) is 2.77. The Kier molecular flexibility index (Phi) is 3.89. The van der Waals surface area contributed by atoms with Crippen LogP contribution in [0.25, 0.3) is 5.65 Å². The third kappa shape index (κ3) is 2.52. The molecule has 108 valence electrons.